The molecule has 1 amide bonds. The van der Waals surface area contributed by atoms with Crippen LogP contribution >= 0.6 is 0 Å². The predicted octanol–water partition coefficient (Wildman–Crippen LogP) is 3.62. The molecule has 6 nitrogen and oxygen atoms in total. The highest BCUT2D eigenvalue weighted by molar-refractivity contribution is 5.94. The second-order valence-corrected chi connectivity index (χ2v) is 5.25. The Morgan fingerprint density at radius 1 is 1.22 bits per heavy atom. The van der Waals surface area contributed by atoms with Gasteiger partial charge in [-0.2, -0.15) is 0 Å². The molecule has 2 rings (SSSR count). The monoisotopic (exact) mass is 314 g/mol. The molecule has 0 aromatic heterocycles. The van der Waals surface area contributed by atoms with E-state index in [0.717, 1.165) is 11.1 Å². The molecule has 0 aliphatic rings. The average Bonchev–Trinajstić information content (AvgIpc) is 2.52. The van der Waals surface area contributed by atoms with E-state index in [9.17, 15) is 14.9 Å². The number of rotatable bonds is 5. The fourth-order valence-electron chi connectivity index (χ4n) is 2.04. The Kier molecular flexibility index (Phi) is 4.95. The maximum absolute atomic E-state index is 12.2. The van der Waals surface area contributed by atoms with Crippen molar-refractivity contribution in [2.45, 2.75) is 26.9 Å². The second-order valence-electron chi connectivity index (χ2n) is 5.25. The Bertz CT molecular complexity index is 743. The molecule has 0 bridgehead atoms. The van der Waals surface area contributed by atoms with Crippen LogP contribution in [-0.2, 0) is 4.79 Å². The summed E-state index contributed by atoms with van der Waals surface area (Å²) in [6.45, 7) is 5.53. The van der Waals surface area contributed by atoms with Crippen LogP contribution in [0.15, 0.2) is 42.5 Å². The SMILES string of the molecule is Cc1cccc(O[C@H](C)C(=O)Nc2cccc([N+](=O)[O-])c2)c1C. The fourth-order valence-corrected chi connectivity index (χ4v) is 2.04. The van der Waals surface area contributed by atoms with E-state index in [0.29, 0.717) is 11.4 Å². The van der Waals surface area contributed by atoms with Crippen molar-refractivity contribution in [3.05, 3.63) is 63.7 Å². The number of benzene rings is 2. The number of nitro benzene ring substituents is 1. The summed E-state index contributed by atoms with van der Waals surface area (Å²) in [4.78, 5) is 22.4. The summed E-state index contributed by atoms with van der Waals surface area (Å²) in [5, 5.41) is 13.4. The lowest BCUT2D eigenvalue weighted by atomic mass is 10.1. The molecule has 23 heavy (non-hydrogen) atoms. The van der Waals surface area contributed by atoms with E-state index in [1.54, 1.807) is 19.1 Å². The van der Waals surface area contributed by atoms with Crippen molar-refractivity contribution in [3.63, 3.8) is 0 Å². The van der Waals surface area contributed by atoms with Crippen LogP contribution in [0, 0.1) is 24.0 Å². The first-order valence-electron chi connectivity index (χ1n) is 7.16. The van der Waals surface area contributed by atoms with Gasteiger partial charge in [-0.05, 0) is 44.0 Å². The van der Waals surface area contributed by atoms with E-state index in [4.69, 9.17) is 4.74 Å². The number of hydrogen-bond donors (Lipinski definition) is 1. The van der Waals surface area contributed by atoms with Crippen molar-refractivity contribution in [1.29, 1.82) is 0 Å². The molecule has 0 heterocycles. The maximum Gasteiger partial charge on any atom is 0.271 e. The maximum atomic E-state index is 12.2. The zero-order valence-corrected chi connectivity index (χ0v) is 13.2. The summed E-state index contributed by atoms with van der Waals surface area (Å²) >= 11 is 0. The normalized spacial score (nSPS) is 11.6. The molecule has 0 radical (unpaired) electrons. The van der Waals surface area contributed by atoms with Crippen LogP contribution in [-0.4, -0.2) is 16.9 Å². The summed E-state index contributed by atoms with van der Waals surface area (Å²) < 4.78 is 5.69. The quantitative estimate of drug-likeness (QED) is 0.675. The molecule has 1 atom stereocenters. The van der Waals surface area contributed by atoms with Gasteiger partial charge in [-0.1, -0.05) is 18.2 Å². The molecule has 2 aromatic carbocycles. The Balaban J connectivity index is 2.07. The summed E-state index contributed by atoms with van der Waals surface area (Å²) in [5.41, 5.74) is 2.34. The summed E-state index contributed by atoms with van der Waals surface area (Å²) in [5.74, 6) is 0.276. The molecular weight excluding hydrogens is 296 g/mol. The Morgan fingerprint density at radius 3 is 2.61 bits per heavy atom. The molecule has 0 spiro atoms. The summed E-state index contributed by atoms with van der Waals surface area (Å²) in [7, 11) is 0. The van der Waals surface area contributed by atoms with Gasteiger partial charge in [0, 0.05) is 17.8 Å². The molecule has 0 aliphatic heterocycles. The third kappa shape index (κ3) is 4.06. The van der Waals surface area contributed by atoms with Gasteiger partial charge in [0.15, 0.2) is 6.10 Å². The molecule has 6 heteroatoms. The van der Waals surface area contributed by atoms with Gasteiger partial charge < -0.3 is 10.1 Å². The summed E-state index contributed by atoms with van der Waals surface area (Å²) in [6.07, 6.45) is -0.727. The molecular formula is C17H18N2O4. The van der Waals surface area contributed by atoms with E-state index >= 15 is 0 Å². The van der Waals surface area contributed by atoms with Crippen LogP contribution in [0.1, 0.15) is 18.1 Å². The number of carbonyl (C=O) groups excluding carboxylic acids is 1. The molecule has 1 N–H and O–H groups in total. The fraction of sp³-hybridized carbons (Fsp3) is 0.235. The van der Waals surface area contributed by atoms with E-state index in [-0.39, 0.29) is 11.6 Å². The first-order valence-corrected chi connectivity index (χ1v) is 7.16. The smallest absolute Gasteiger partial charge is 0.271 e. The number of nitro groups is 1. The van der Waals surface area contributed by atoms with E-state index in [1.807, 2.05) is 26.0 Å². The topological polar surface area (TPSA) is 81.5 Å². The van der Waals surface area contributed by atoms with Crippen LogP contribution in [0.25, 0.3) is 0 Å². The summed E-state index contributed by atoms with van der Waals surface area (Å²) in [6, 6.07) is 11.4. The number of anilines is 1. The second kappa shape index (κ2) is 6.91. The first-order chi connectivity index (χ1) is 10.9. The Morgan fingerprint density at radius 2 is 1.91 bits per heavy atom. The van der Waals surface area contributed by atoms with Crippen molar-refractivity contribution in [2.24, 2.45) is 0 Å². The number of ether oxygens (including phenoxy) is 1. The third-order valence-corrected chi connectivity index (χ3v) is 3.55. The molecule has 0 unspecified atom stereocenters. The molecule has 120 valence electrons. The minimum Gasteiger partial charge on any atom is -0.481 e. The molecule has 0 saturated heterocycles. The Hall–Kier alpha value is -2.89. The number of non-ortho nitro benzene ring substituents is 1. The standard InChI is InChI=1S/C17H18N2O4/c1-11-6-4-9-16(12(11)2)23-13(3)17(20)18-14-7-5-8-15(10-14)19(21)22/h4-10,13H,1-3H3,(H,18,20)/t13-/m1/s1. The van der Waals surface area contributed by atoms with Crippen molar-refractivity contribution in [2.75, 3.05) is 5.32 Å². The van der Waals surface area contributed by atoms with Crippen LogP contribution in [0.2, 0.25) is 0 Å². The van der Waals surface area contributed by atoms with Crippen LogP contribution in [0.4, 0.5) is 11.4 Å². The van der Waals surface area contributed by atoms with Crippen LogP contribution in [0.5, 0.6) is 5.75 Å². The highest BCUT2D eigenvalue weighted by Gasteiger charge is 2.17. The van der Waals surface area contributed by atoms with Crippen LogP contribution < -0.4 is 10.1 Å². The van der Waals surface area contributed by atoms with Gasteiger partial charge in [0.05, 0.1) is 4.92 Å². The number of nitrogens with zero attached hydrogens (tertiary/aromatic N) is 1. The molecule has 2 aromatic rings. The highest BCUT2D eigenvalue weighted by atomic mass is 16.6. The van der Waals surface area contributed by atoms with E-state index in [2.05, 4.69) is 5.32 Å². The van der Waals surface area contributed by atoms with Crippen molar-refractivity contribution in [3.8, 4) is 5.75 Å². The van der Waals surface area contributed by atoms with Gasteiger partial charge in [0.1, 0.15) is 5.75 Å². The van der Waals surface area contributed by atoms with Gasteiger partial charge in [0.25, 0.3) is 11.6 Å². The van der Waals surface area contributed by atoms with Crippen molar-refractivity contribution >= 4 is 17.3 Å². The number of carbonyl (C=O) groups is 1. The highest BCUT2D eigenvalue weighted by Crippen LogP contribution is 2.22. The lowest BCUT2D eigenvalue weighted by Gasteiger charge is -2.17. The van der Waals surface area contributed by atoms with Gasteiger partial charge in [-0.3, -0.25) is 14.9 Å². The zero-order chi connectivity index (χ0) is 17.0. The lowest BCUT2D eigenvalue weighted by molar-refractivity contribution is -0.384. The average molecular weight is 314 g/mol. The Labute approximate surface area is 134 Å². The number of amides is 1. The van der Waals surface area contributed by atoms with E-state index < -0.39 is 11.0 Å². The van der Waals surface area contributed by atoms with Gasteiger partial charge >= 0.3 is 0 Å². The number of nitrogens with one attached hydrogen (secondary N) is 1. The lowest BCUT2D eigenvalue weighted by Crippen LogP contribution is -2.30. The largest absolute Gasteiger partial charge is 0.481 e. The molecule has 0 saturated carbocycles. The van der Waals surface area contributed by atoms with Crippen molar-refractivity contribution in [1.82, 2.24) is 0 Å². The zero-order valence-electron chi connectivity index (χ0n) is 13.2. The molecule has 0 fully saturated rings. The van der Waals surface area contributed by atoms with Crippen LogP contribution in [0.3, 0.4) is 0 Å². The van der Waals surface area contributed by atoms with Gasteiger partial charge in [-0.15, -0.1) is 0 Å². The van der Waals surface area contributed by atoms with Gasteiger partial charge in [0.2, 0.25) is 0 Å². The number of hydrogen-bond acceptors (Lipinski definition) is 4. The minimum atomic E-state index is -0.727. The minimum absolute atomic E-state index is 0.0779. The first kappa shape index (κ1) is 16.5. The predicted molar refractivity (Wildman–Crippen MR) is 87.7 cm³/mol. The number of aryl methyl sites for hydroxylation is 1. The van der Waals surface area contributed by atoms with Crippen molar-refractivity contribution < 1.29 is 14.5 Å². The third-order valence-electron chi connectivity index (χ3n) is 3.55. The van der Waals surface area contributed by atoms with Gasteiger partial charge in [-0.25, -0.2) is 0 Å². The molecule has 0 aliphatic carbocycles. The van der Waals surface area contributed by atoms with E-state index in [1.165, 1.54) is 18.2 Å².